The number of benzene rings is 2. The summed E-state index contributed by atoms with van der Waals surface area (Å²) in [5, 5.41) is 3.85. The van der Waals surface area contributed by atoms with Crippen LogP contribution in [0.2, 0.25) is 0 Å². The molecule has 0 aliphatic heterocycles. The van der Waals surface area contributed by atoms with Crippen LogP contribution in [0.15, 0.2) is 85.2 Å². The molecule has 4 heteroatoms. The zero-order valence-electron chi connectivity index (χ0n) is 17.7. The predicted molar refractivity (Wildman–Crippen MR) is 130 cm³/mol. The van der Waals surface area contributed by atoms with Crippen molar-refractivity contribution in [3.63, 3.8) is 0 Å². The summed E-state index contributed by atoms with van der Waals surface area (Å²) in [6.07, 6.45) is 8.47. The molecule has 0 amide bonds. The van der Waals surface area contributed by atoms with Crippen molar-refractivity contribution in [1.82, 2.24) is 19.1 Å². The van der Waals surface area contributed by atoms with Gasteiger partial charge in [-0.15, -0.1) is 0 Å². The molecule has 1 aliphatic rings. The largest absolute Gasteiger partial charge is 0.298 e. The molecular formula is C28H22N4. The van der Waals surface area contributed by atoms with E-state index in [-0.39, 0.29) is 0 Å². The molecule has 4 nitrogen and oxygen atoms in total. The van der Waals surface area contributed by atoms with Crippen molar-refractivity contribution in [2.24, 2.45) is 0 Å². The fourth-order valence-electron chi connectivity index (χ4n) is 5.48. The van der Waals surface area contributed by atoms with Crippen LogP contribution in [0, 0.1) is 0 Å². The van der Waals surface area contributed by atoms with Crippen LogP contribution in [0.5, 0.6) is 0 Å². The Balaban J connectivity index is 1.66. The van der Waals surface area contributed by atoms with E-state index in [9.17, 15) is 0 Å². The lowest BCUT2D eigenvalue weighted by molar-refractivity contribution is 0.664. The third-order valence-electron chi connectivity index (χ3n) is 6.82. The van der Waals surface area contributed by atoms with Crippen LogP contribution in [0.25, 0.3) is 44.3 Å². The van der Waals surface area contributed by atoms with Gasteiger partial charge in [-0.05, 0) is 73.7 Å². The molecule has 32 heavy (non-hydrogen) atoms. The van der Waals surface area contributed by atoms with Gasteiger partial charge in [0.2, 0.25) is 0 Å². The average molecular weight is 415 g/mol. The van der Waals surface area contributed by atoms with Gasteiger partial charge in [0.05, 0.1) is 16.6 Å². The van der Waals surface area contributed by atoms with Crippen LogP contribution >= 0.6 is 0 Å². The van der Waals surface area contributed by atoms with Gasteiger partial charge in [-0.1, -0.05) is 30.3 Å². The maximum Gasteiger partial charge on any atom is 0.137 e. The van der Waals surface area contributed by atoms with Gasteiger partial charge in [0, 0.05) is 34.2 Å². The van der Waals surface area contributed by atoms with Crippen LogP contribution in [0.3, 0.4) is 0 Å². The summed E-state index contributed by atoms with van der Waals surface area (Å²) < 4.78 is 4.70. The van der Waals surface area contributed by atoms with Crippen molar-refractivity contribution in [2.75, 3.05) is 0 Å². The molecule has 0 fully saturated rings. The van der Waals surface area contributed by atoms with Crippen molar-refractivity contribution in [2.45, 2.75) is 25.7 Å². The second-order valence-electron chi connectivity index (χ2n) is 8.58. The Bertz CT molecular complexity index is 1610. The predicted octanol–water partition coefficient (Wildman–Crippen LogP) is 6.40. The molecule has 0 spiro atoms. The molecule has 4 heterocycles. The van der Waals surface area contributed by atoms with E-state index in [1.165, 1.54) is 56.8 Å². The van der Waals surface area contributed by atoms with E-state index in [0.717, 1.165) is 24.5 Å². The van der Waals surface area contributed by atoms with Crippen LogP contribution in [-0.2, 0) is 12.8 Å². The average Bonchev–Trinajstić information content (AvgIpc) is 3.36. The maximum atomic E-state index is 4.72. The third-order valence-corrected chi connectivity index (χ3v) is 6.82. The highest BCUT2D eigenvalue weighted by atomic mass is 15.1. The number of fused-ring (bicyclic) bond motifs is 6. The van der Waals surface area contributed by atoms with Crippen LogP contribution in [-0.4, -0.2) is 19.1 Å². The molecule has 7 rings (SSSR count). The Morgan fingerprint density at radius 3 is 2.00 bits per heavy atom. The SMILES string of the molecule is c1ccc(-n2c3c(c4cc5c(cc42)c2ccccc2n5-c2ccccn2)CCCC3)nc1. The van der Waals surface area contributed by atoms with E-state index in [1.54, 1.807) is 0 Å². The first-order valence-electron chi connectivity index (χ1n) is 11.3. The lowest BCUT2D eigenvalue weighted by Crippen LogP contribution is -2.07. The van der Waals surface area contributed by atoms with Gasteiger partial charge < -0.3 is 0 Å². The minimum absolute atomic E-state index is 0.955. The molecule has 0 N–H and O–H groups in total. The van der Waals surface area contributed by atoms with Crippen molar-refractivity contribution in [1.29, 1.82) is 0 Å². The van der Waals surface area contributed by atoms with E-state index in [0.29, 0.717) is 0 Å². The summed E-state index contributed by atoms with van der Waals surface area (Å²) >= 11 is 0. The summed E-state index contributed by atoms with van der Waals surface area (Å²) in [7, 11) is 0. The topological polar surface area (TPSA) is 35.6 Å². The Labute approximate surface area is 185 Å². The van der Waals surface area contributed by atoms with Crippen molar-refractivity contribution >= 4 is 32.7 Å². The molecule has 0 radical (unpaired) electrons. The minimum atomic E-state index is 0.955. The Morgan fingerprint density at radius 1 is 0.562 bits per heavy atom. The fourth-order valence-corrected chi connectivity index (χ4v) is 5.48. The monoisotopic (exact) mass is 414 g/mol. The van der Waals surface area contributed by atoms with Gasteiger partial charge in [0.25, 0.3) is 0 Å². The molecule has 0 atom stereocenters. The number of rotatable bonds is 2. The number of nitrogens with zero attached hydrogens (tertiary/aromatic N) is 4. The van der Waals surface area contributed by atoms with E-state index in [2.05, 4.69) is 74.8 Å². The smallest absolute Gasteiger partial charge is 0.137 e. The van der Waals surface area contributed by atoms with E-state index in [1.807, 2.05) is 24.5 Å². The van der Waals surface area contributed by atoms with Gasteiger partial charge in [-0.2, -0.15) is 0 Å². The lowest BCUT2D eigenvalue weighted by atomic mass is 9.95. The molecule has 6 aromatic rings. The summed E-state index contributed by atoms with van der Waals surface area (Å²) in [5.74, 6) is 1.96. The molecule has 0 saturated carbocycles. The van der Waals surface area contributed by atoms with Crippen molar-refractivity contribution in [3.8, 4) is 11.6 Å². The zero-order chi connectivity index (χ0) is 21.1. The number of pyridine rings is 2. The van der Waals surface area contributed by atoms with Crippen LogP contribution < -0.4 is 0 Å². The van der Waals surface area contributed by atoms with E-state index >= 15 is 0 Å². The highest BCUT2D eigenvalue weighted by Crippen LogP contribution is 2.39. The first-order chi connectivity index (χ1) is 15.9. The minimum Gasteiger partial charge on any atom is -0.298 e. The Morgan fingerprint density at radius 2 is 1.22 bits per heavy atom. The van der Waals surface area contributed by atoms with Gasteiger partial charge in [-0.25, -0.2) is 9.97 Å². The van der Waals surface area contributed by atoms with Gasteiger partial charge >= 0.3 is 0 Å². The summed E-state index contributed by atoms with van der Waals surface area (Å²) in [5.41, 5.74) is 6.56. The Hall–Kier alpha value is -3.92. The highest BCUT2D eigenvalue weighted by molar-refractivity contribution is 6.13. The summed E-state index contributed by atoms with van der Waals surface area (Å²) in [6, 6.07) is 25.7. The van der Waals surface area contributed by atoms with Crippen molar-refractivity contribution in [3.05, 3.63) is 96.4 Å². The number of para-hydroxylation sites is 1. The summed E-state index contributed by atoms with van der Waals surface area (Å²) in [6.45, 7) is 0. The molecule has 154 valence electrons. The van der Waals surface area contributed by atoms with E-state index < -0.39 is 0 Å². The maximum absolute atomic E-state index is 4.72. The van der Waals surface area contributed by atoms with Crippen LogP contribution in [0.4, 0.5) is 0 Å². The second-order valence-corrected chi connectivity index (χ2v) is 8.58. The number of aromatic nitrogens is 4. The Kier molecular flexibility index (Phi) is 3.76. The molecule has 0 bridgehead atoms. The molecule has 1 aliphatic carbocycles. The van der Waals surface area contributed by atoms with Gasteiger partial charge in [0.1, 0.15) is 11.6 Å². The standard InChI is InChI=1S/C28H22N4/c1-3-11-23-19(9-1)21-17-26-22(18-25(21)31(23)27-13-5-7-15-29-27)20-10-2-4-12-24(20)32(26)28-14-6-8-16-30-28/h1,3,5-9,11,13-18H,2,4,10,12H2. The van der Waals surface area contributed by atoms with Crippen LogP contribution in [0.1, 0.15) is 24.1 Å². The first-order valence-corrected chi connectivity index (χ1v) is 11.3. The zero-order valence-corrected chi connectivity index (χ0v) is 17.7. The number of hydrogen-bond donors (Lipinski definition) is 0. The van der Waals surface area contributed by atoms with E-state index in [4.69, 9.17) is 4.98 Å². The third kappa shape index (κ3) is 2.43. The first kappa shape index (κ1) is 17.7. The number of hydrogen-bond acceptors (Lipinski definition) is 2. The van der Waals surface area contributed by atoms with Crippen molar-refractivity contribution < 1.29 is 0 Å². The quantitative estimate of drug-likeness (QED) is 0.329. The van der Waals surface area contributed by atoms with Gasteiger partial charge in [-0.3, -0.25) is 9.13 Å². The molecule has 2 aromatic carbocycles. The lowest BCUT2D eigenvalue weighted by Gasteiger charge is -2.15. The molecule has 0 unspecified atom stereocenters. The molecule has 4 aromatic heterocycles. The second kappa shape index (κ2) is 6.79. The molecule has 0 saturated heterocycles. The number of aryl methyl sites for hydroxylation is 1. The highest BCUT2D eigenvalue weighted by Gasteiger charge is 2.23. The van der Waals surface area contributed by atoms with Gasteiger partial charge in [0.15, 0.2) is 0 Å². The normalized spacial score (nSPS) is 13.8. The molecular weight excluding hydrogens is 392 g/mol. The summed E-state index contributed by atoms with van der Waals surface area (Å²) in [4.78, 5) is 9.41. The fraction of sp³-hybridized carbons (Fsp3) is 0.143.